The van der Waals surface area contributed by atoms with Crippen LogP contribution in [0.3, 0.4) is 0 Å². The average Bonchev–Trinajstić information content (AvgIpc) is 3.31. The van der Waals surface area contributed by atoms with Gasteiger partial charge in [0, 0.05) is 36.9 Å². The number of ether oxygens (including phenoxy) is 3. The predicted molar refractivity (Wildman–Crippen MR) is 160 cm³/mol. The number of pyridine rings is 1. The third-order valence-corrected chi connectivity index (χ3v) is 7.98. The molecule has 1 atom stereocenters. The molecule has 2 aliphatic heterocycles. The van der Waals surface area contributed by atoms with Crippen LogP contribution in [0.4, 0.5) is 8.78 Å². The Bertz CT molecular complexity index is 1680. The minimum Gasteiger partial charge on any atom is -0.484 e. The number of aromatic nitrogens is 3. The summed E-state index contributed by atoms with van der Waals surface area (Å²) in [6.45, 7) is 3.36. The monoisotopic (exact) mass is 624 g/mol. The Morgan fingerprint density at radius 2 is 1.91 bits per heavy atom. The van der Waals surface area contributed by atoms with Crippen LogP contribution >= 0.6 is 11.6 Å². The van der Waals surface area contributed by atoms with Crippen molar-refractivity contribution in [2.75, 3.05) is 19.7 Å². The van der Waals surface area contributed by atoms with E-state index in [4.69, 9.17) is 30.9 Å². The number of carbonyl (C=O) groups is 1. The van der Waals surface area contributed by atoms with Crippen molar-refractivity contribution >= 4 is 34.7 Å². The van der Waals surface area contributed by atoms with E-state index in [-0.39, 0.29) is 30.1 Å². The molecular formula is C32H31ClF2N4O5. The first-order valence-corrected chi connectivity index (χ1v) is 14.8. The van der Waals surface area contributed by atoms with Crippen molar-refractivity contribution in [1.29, 1.82) is 0 Å². The molecule has 44 heavy (non-hydrogen) atoms. The lowest BCUT2D eigenvalue weighted by Crippen LogP contribution is -2.39. The van der Waals surface area contributed by atoms with Gasteiger partial charge in [0.25, 0.3) is 0 Å². The van der Waals surface area contributed by atoms with Crippen molar-refractivity contribution in [1.82, 2.24) is 19.4 Å². The Morgan fingerprint density at radius 3 is 2.64 bits per heavy atom. The number of nitrogens with zero attached hydrogens (tertiary/aromatic N) is 4. The summed E-state index contributed by atoms with van der Waals surface area (Å²) in [7, 11) is 0. The quantitative estimate of drug-likeness (QED) is 0.207. The van der Waals surface area contributed by atoms with Crippen LogP contribution in [-0.4, -0.2) is 62.4 Å². The highest BCUT2D eigenvalue weighted by Crippen LogP contribution is 2.27. The molecule has 0 radical (unpaired) electrons. The second kappa shape index (κ2) is 13.3. The molecule has 2 aliphatic rings. The summed E-state index contributed by atoms with van der Waals surface area (Å²) >= 11 is 5.81. The first-order valence-electron chi connectivity index (χ1n) is 14.4. The summed E-state index contributed by atoms with van der Waals surface area (Å²) in [6, 6.07) is 12.7. The zero-order valence-corrected chi connectivity index (χ0v) is 24.6. The molecule has 2 fully saturated rings. The highest BCUT2D eigenvalue weighted by molar-refractivity contribution is 6.30. The van der Waals surface area contributed by atoms with Crippen LogP contribution in [0.25, 0.3) is 17.1 Å². The molecular weight excluding hydrogens is 594 g/mol. The third-order valence-electron chi connectivity index (χ3n) is 7.74. The number of halogens is 3. The maximum Gasteiger partial charge on any atom is 0.328 e. The van der Waals surface area contributed by atoms with E-state index in [0.29, 0.717) is 47.4 Å². The average molecular weight is 625 g/mol. The fourth-order valence-electron chi connectivity index (χ4n) is 5.37. The standard InChI is InChI=1S/C32H31ClF2N4O5/c33-21-5-6-28(25(34)16-21)43-19-22-2-1-3-30(36-22)44-23-8-11-38(12-9-23)18-29-37-32-26(35)14-20(4-7-31(40)41)15-27(32)39(29)17-24-10-13-42-24/h1-7,14-16,23-24H,8-13,17-19H2,(H,40,41)/b7-4+/t24-/m0/s1. The maximum atomic E-state index is 15.1. The SMILES string of the molecule is O=C(O)/C=C/c1cc(F)c2nc(CN3CCC(Oc4cccc(COc5ccc(Cl)cc5F)n4)CC3)n(C[C@@H]3CCO3)c2c1. The first-order chi connectivity index (χ1) is 21.3. The molecule has 0 spiro atoms. The number of likely N-dealkylation sites (tertiary alicyclic amines) is 1. The maximum absolute atomic E-state index is 15.1. The van der Waals surface area contributed by atoms with Crippen LogP contribution < -0.4 is 9.47 Å². The lowest BCUT2D eigenvalue weighted by Gasteiger charge is -2.32. The number of imidazole rings is 1. The molecule has 0 saturated carbocycles. The van der Waals surface area contributed by atoms with Gasteiger partial charge in [-0.15, -0.1) is 0 Å². The van der Waals surface area contributed by atoms with Gasteiger partial charge in [0.1, 0.15) is 24.1 Å². The molecule has 4 heterocycles. The van der Waals surface area contributed by atoms with Crippen molar-refractivity contribution in [3.05, 3.63) is 88.3 Å². The molecule has 4 aromatic rings. The summed E-state index contributed by atoms with van der Waals surface area (Å²) < 4.78 is 48.5. The van der Waals surface area contributed by atoms with E-state index < -0.39 is 17.6 Å². The van der Waals surface area contributed by atoms with Gasteiger partial charge in [0.2, 0.25) is 5.88 Å². The van der Waals surface area contributed by atoms with E-state index in [1.807, 2.05) is 10.6 Å². The molecule has 9 nitrogen and oxygen atoms in total. The van der Waals surface area contributed by atoms with Crippen LogP contribution in [-0.2, 0) is 29.2 Å². The molecule has 0 amide bonds. The lowest BCUT2D eigenvalue weighted by molar-refractivity contribution is -0.131. The zero-order chi connectivity index (χ0) is 30.6. The molecule has 12 heteroatoms. The van der Waals surface area contributed by atoms with Crippen molar-refractivity contribution < 1.29 is 32.9 Å². The van der Waals surface area contributed by atoms with Gasteiger partial charge in [-0.2, -0.15) is 0 Å². The van der Waals surface area contributed by atoms with E-state index in [0.717, 1.165) is 44.3 Å². The van der Waals surface area contributed by atoms with Crippen molar-refractivity contribution in [2.45, 2.75) is 51.2 Å². The highest BCUT2D eigenvalue weighted by atomic mass is 35.5. The molecule has 0 aliphatic carbocycles. The van der Waals surface area contributed by atoms with E-state index in [2.05, 4.69) is 14.9 Å². The second-order valence-electron chi connectivity index (χ2n) is 10.9. The van der Waals surface area contributed by atoms with E-state index in [1.165, 1.54) is 24.3 Å². The second-order valence-corrected chi connectivity index (χ2v) is 11.3. The van der Waals surface area contributed by atoms with Gasteiger partial charge in [-0.25, -0.2) is 23.5 Å². The van der Waals surface area contributed by atoms with Gasteiger partial charge in [-0.1, -0.05) is 17.7 Å². The first kappa shape index (κ1) is 30.0. The van der Waals surface area contributed by atoms with Crippen LogP contribution in [0.15, 0.2) is 54.6 Å². The number of hydrogen-bond acceptors (Lipinski definition) is 7. The fraction of sp³-hybridized carbons (Fsp3) is 0.344. The Morgan fingerprint density at radius 1 is 1.09 bits per heavy atom. The summed E-state index contributed by atoms with van der Waals surface area (Å²) in [4.78, 5) is 22.4. The molecule has 230 valence electrons. The number of rotatable bonds is 11. The molecule has 0 unspecified atom stereocenters. The summed E-state index contributed by atoms with van der Waals surface area (Å²) in [5.41, 5.74) is 1.95. The van der Waals surface area contributed by atoms with Gasteiger partial charge in [-0.05, 0) is 67.3 Å². The Kier molecular flexibility index (Phi) is 9.06. The van der Waals surface area contributed by atoms with Gasteiger partial charge in [0.15, 0.2) is 17.4 Å². The number of hydrogen-bond donors (Lipinski definition) is 1. The number of benzene rings is 2. The molecule has 2 aromatic heterocycles. The zero-order valence-electron chi connectivity index (χ0n) is 23.8. The Labute approximate surface area is 257 Å². The Balaban J connectivity index is 1.09. The van der Waals surface area contributed by atoms with Crippen LogP contribution in [0.1, 0.15) is 36.3 Å². The molecule has 0 bridgehead atoms. The van der Waals surface area contributed by atoms with Crippen LogP contribution in [0.2, 0.25) is 5.02 Å². The minimum atomic E-state index is -1.10. The van der Waals surface area contributed by atoms with E-state index in [9.17, 15) is 9.18 Å². The number of carboxylic acid groups (broad SMARTS) is 1. The van der Waals surface area contributed by atoms with Crippen molar-refractivity contribution in [3.63, 3.8) is 0 Å². The van der Waals surface area contributed by atoms with E-state index in [1.54, 1.807) is 24.3 Å². The topological polar surface area (TPSA) is 98.9 Å². The Hall–Kier alpha value is -4.06. The molecule has 2 aromatic carbocycles. The smallest absolute Gasteiger partial charge is 0.328 e. The molecule has 1 N–H and O–H groups in total. The summed E-state index contributed by atoms with van der Waals surface area (Å²) in [5.74, 6) is -0.814. The van der Waals surface area contributed by atoms with Gasteiger partial charge in [0.05, 0.1) is 30.4 Å². The minimum absolute atomic E-state index is 0.0328. The van der Waals surface area contributed by atoms with Gasteiger partial charge in [-0.3, -0.25) is 4.90 Å². The van der Waals surface area contributed by atoms with E-state index >= 15 is 4.39 Å². The van der Waals surface area contributed by atoms with Crippen molar-refractivity contribution in [3.8, 4) is 11.6 Å². The molecule has 2 saturated heterocycles. The van der Waals surface area contributed by atoms with Crippen LogP contribution in [0.5, 0.6) is 11.6 Å². The third kappa shape index (κ3) is 7.18. The summed E-state index contributed by atoms with van der Waals surface area (Å²) in [5, 5.41) is 9.29. The number of aliphatic carboxylic acids is 1. The van der Waals surface area contributed by atoms with Crippen LogP contribution in [0, 0.1) is 11.6 Å². The number of carboxylic acids is 1. The number of piperidine rings is 1. The van der Waals surface area contributed by atoms with Gasteiger partial charge < -0.3 is 23.9 Å². The lowest BCUT2D eigenvalue weighted by atomic mass is 10.1. The van der Waals surface area contributed by atoms with Crippen molar-refractivity contribution in [2.24, 2.45) is 0 Å². The number of fused-ring (bicyclic) bond motifs is 1. The largest absolute Gasteiger partial charge is 0.484 e. The predicted octanol–water partition coefficient (Wildman–Crippen LogP) is 5.87. The normalized spacial score (nSPS) is 17.7. The summed E-state index contributed by atoms with van der Waals surface area (Å²) in [6.07, 6.45) is 4.82. The fourth-order valence-corrected chi connectivity index (χ4v) is 5.53. The highest BCUT2D eigenvalue weighted by Gasteiger charge is 2.26. The molecule has 6 rings (SSSR count). The van der Waals surface area contributed by atoms with Gasteiger partial charge >= 0.3 is 5.97 Å².